The molecular weight excluding hydrogens is 312 g/mol. The van der Waals surface area contributed by atoms with Crippen molar-refractivity contribution >= 4 is 34.1 Å². The first-order valence-electron chi connectivity index (χ1n) is 6.80. The number of aromatic nitrogens is 2. The molecule has 2 heterocycles. The van der Waals surface area contributed by atoms with Gasteiger partial charge in [0.2, 0.25) is 11.2 Å². The van der Waals surface area contributed by atoms with Gasteiger partial charge < -0.3 is 10.2 Å². The molecule has 1 aliphatic heterocycles. The second kappa shape index (κ2) is 6.70. The van der Waals surface area contributed by atoms with E-state index in [2.05, 4.69) is 15.3 Å². The zero-order valence-corrected chi connectivity index (χ0v) is 13.9. The summed E-state index contributed by atoms with van der Waals surface area (Å²) >= 11 is 5.91. The van der Waals surface area contributed by atoms with Crippen LogP contribution in [0.25, 0.3) is 0 Å². The van der Waals surface area contributed by atoms with Gasteiger partial charge in [-0.1, -0.05) is 0 Å². The van der Waals surface area contributed by atoms with E-state index in [1.165, 1.54) is 0 Å². The standard InChI is InChI=1S/C13H19ClN4O2S/c1-8(4-5-10(19)18(2)3)15-12-11-9(6-7-21(11)20)16-13(14)17-12/h8H,4-7H2,1-3H3,(H,15,16,17)/t8-,21?/m1/s1. The Kier molecular flexibility index (Phi) is 5.16. The Bertz CT molecular complexity index is 580. The van der Waals surface area contributed by atoms with Crippen molar-refractivity contribution in [3.63, 3.8) is 0 Å². The summed E-state index contributed by atoms with van der Waals surface area (Å²) in [5.74, 6) is 1.18. The molecule has 1 unspecified atom stereocenters. The molecule has 0 radical (unpaired) electrons. The normalized spacial score (nSPS) is 18.2. The molecule has 1 aromatic rings. The third-order valence-electron chi connectivity index (χ3n) is 3.33. The number of hydrogen-bond acceptors (Lipinski definition) is 5. The third-order valence-corrected chi connectivity index (χ3v) is 4.96. The molecule has 1 aliphatic rings. The summed E-state index contributed by atoms with van der Waals surface area (Å²) in [6.45, 7) is 1.96. The number of amides is 1. The van der Waals surface area contributed by atoms with Crippen molar-refractivity contribution in [3.05, 3.63) is 11.0 Å². The fourth-order valence-corrected chi connectivity index (χ4v) is 3.63. The molecule has 2 atom stereocenters. The average molecular weight is 331 g/mol. The Labute approximate surface area is 131 Å². The second-order valence-electron chi connectivity index (χ2n) is 5.29. The number of aryl methyl sites for hydroxylation is 1. The molecule has 8 heteroatoms. The SMILES string of the molecule is C[C@H](CCC(=O)N(C)C)Nc1nc(Cl)nc2c1S(=O)CC2. The summed E-state index contributed by atoms with van der Waals surface area (Å²) < 4.78 is 12.0. The van der Waals surface area contributed by atoms with Crippen LogP contribution in [0, 0.1) is 0 Å². The van der Waals surface area contributed by atoms with Gasteiger partial charge in [0.15, 0.2) is 0 Å². The predicted octanol–water partition coefficient (Wildman–Crippen LogP) is 1.46. The fraction of sp³-hybridized carbons (Fsp3) is 0.615. The van der Waals surface area contributed by atoms with Crippen LogP contribution in [-0.4, -0.2) is 50.9 Å². The Morgan fingerprint density at radius 1 is 1.48 bits per heavy atom. The molecule has 0 spiro atoms. The van der Waals surface area contributed by atoms with Crippen molar-refractivity contribution in [2.24, 2.45) is 0 Å². The summed E-state index contributed by atoms with van der Waals surface area (Å²) in [4.78, 5) is 22.1. The monoisotopic (exact) mass is 330 g/mol. The molecule has 21 heavy (non-hydrogen) atoms. The summed E-state index contributed by atoms with van der Waals surface area (Å²) in [5, 5.41) is 3.37. The second-order valence-corrected chi connectivity index (χ2v) is 7.13. The number of anilines is 1. The number of hydrogen-bond donors (Lipinski definition) is 1. The van der Waals surface area contributed by atoms with E-state index in [1.54, 1.807) is 19.0 Å². The summed E-state index contributed by atoms with van der Waals surface area (Å²) in [5.41, 5.74) is 0.757. The summed E-state index contributed by atoms with van der Waals surface area (Å²) in [6.07, 6.45) is 1.78. The van der Waals surface area contributed by atoms with Crippen LogP contribution in [0.2, 0.25) is 5.28 Å². The molecule has 0 aliphatic carbocycles. The lowest BCUT2D eigenvalue weighted by molar-refractivity contribution is -0.128. The first-order chi connectivity index (χ1) is 9.88. The van der Waals surface area contributed by atoms with Gasteiger partial charge in [0.05, 0.1) is 16.5 Å². The van der Waals surface area contributed by atoms with Crippen molar-refractivity contribution < 1.29 is 9.00 Å². The van der Waals surface area contributed by atoms with Crippen molar-refractivity contribution in [1.82, 2.24) is 14.9 Å². The Morgan fingerprint density at radius 3 is 2.86 bits per heavy atom. The topological polar surface area (TPSA) is 75.2 Å². The molecule has 0 aromatic carbocycles. The summed E-state index contributed by atoms with van der Waals surface area (Å²) in [6, 6.07) is 0.0292. The molecule has 6 nitrogen and oxygen atoms in total. The average Bonchev–Trinajstić information content (AvgIpc) is 2.77. The minimum Gasteiger partial charge on any atom is -0.366 e. The van der Waals surface area contributed by atoms with E-state index in [1.807, 2.05) is 6.92 Å². The Morgan fingerprint density at radius 2 is 2.19 bits per heavy atom. The van der Waals surface area contributed by atoms with Crippen LogP contribution < -0.4 is 5.32 Å². The largest absolute Gasteiger partial charge is 0.366 e. The van der Waals surface area contributed by atoms with E-state index >= 15 is 0 Å². The molecule has 0 fully saturated rings. The molecule has 0 saturated carbocycles. The van der Waals surface area contributed by atoms with Gasteiger partial charge in [0.25, 0.3) is 0 Å². The number of carbonyl (C=O) groups excluding carboxylic acids is 1. The van der Waals surface area contributed by atoms with Gasteiger partial charge in [-0.05, 0) is 24.9 Å². The van der Waals surface area contributed by atoms with Crippen molar-refractivity contribution in [3.8, 4) is 0 Å². The quantitative estimate of drug-likeness (QED) is 0.827. The highest BCUT2D eigenvalue weighted by atomic mass is 35.5. The van der Waals surface area contributed by atoms with Gasteiger partial charge in [-0.2, -0.15) is 4.98 Å². The van der Waals surface area contributed by atoms with Crippen LogP contribution in [0.15, 0.2) is 4.90 Å². The smallest absolute Gasteiger partial charge is 0.224 e. The van der Waals surface area contributed by atoms with Gasteiger partial charge in [-0.25, -0.2) is 4.98 Å². The van der Waals surface area contributed by atoms with E-state index in [-0.39, 0.29) is 17.2 Å². The lowest BCUT2D eigenvalue weighted by Gasteiger charge is -2.17. The van der Waals surface area contributed by atoms with Gasteiger partial charge in [0.1, 0.15) is 10.7 Å². The fourth-order valence-electron chi connectivity index (χ4n) is 2.13. The number of halogens is 1. The Balaban J connectivity index is 2.06. The number of rotatable bonds is 5. The highest BCUT2D eigenvalue weighted by Gasteiger charge is 2.26. The maximum absolute atomic E-state index is 12.0. The molecule has 1 N–H and O–H groups in total. The van der Waals surface area contributed by atoms with Gasteiger partial charge in [0, 0.05) is 38.7 Å². The molecule has 2 rings (SSSR count). The van der Waals surface area contributed by atoms with E-state index in [9.17, 15) is 9.00 Å². The van der Waals surface area contributed by atoms with Crippen molar-refractivity contribution in [1.29, 1.82) is 0 Å². The van der Waals surface area contributed by atoms with Crippen LogP contribution in [0.1, 0.15) is 25.5 Å². The minimum absolute atomic E-state index is 0.0292. The number of nitrogens with zero attached hydrogens (tertiary/aromatic N) is 3. The maximum atomic E-state index is 12.0. The van der Waals surface area contributed by atoms with E-state index < -0.39 is 10.8 Å². The lowest BCUT2D eigenvalue weighted by Crippen LogP contribution is -2.25. The number of fused-ring (bicyclic) bond motifs is 1. The molecule has 1 amide bonds. The summed E-state index contributed by atoms with van der Waals surface area (Å²) in [7, 11) is 2.40. The third kappa shape index (κ3) is 3.91. The highest BCUT2D eigenvalue weighted by Crippen LogP contribution is 2.29. The minimum atomic E-state index is -1.08. The maximum Gasteiger partial charge on any atom is 0.224 e. The van der Waals surface area contributed by atoms with Crippen molar-refractivity contribution in [2.45, 2.75) is 37.1 Å². The van der Waals surface area contributed by atoms with Crippen LogP contribution in [0.3, 0.4) is 0 Å². The van der Waals surface area contributed by atoms with Gasteiger partial charge in [-0.15, -0.1) is 0 Å². The van der Waals surface area contributed by atoms with E-state index in [4.69, 9.17) is 11.6 Å². The van der Waals surface area contributed by atoms with Crippen LogP contribution in [-0.2, 0) is 22.0 Å². The van der Waals surface area contributed by atoms with Crippen LogP contribution in [0.5, 0.6) is 0 Å². The number of carbonyl (C=O) groups is 1. The zero-order chi connectivity index (χ0) is 15.6. The van der Waals surface area contributed by atoms with Gasteiger partial charge in [-0.3, -0.25) is 9.00 Å². The lowest BCUT2D eigenvalue weighted by atomic mass is 10.1. The van der Waals surface area contributed by atoms with Gasteiger partial charge >= 0.3 is 0 Å². The molecule has 0 saturated heterocycles. The van der Waals surface area contributed by atoms with Crippen LogP contribution >= 0.6 is 11.6 Å². The van der Waals surface area contributed by atoms with Crippen LogP contribution in [0.4, 0.5) is 5.82 Å². The first-order valence-corrected chi connectivity index (χ1v) is 8.49. The van der Waals surface area contributed by atoms with E-state index in [0.717, 1.165) is 5.69 Å². The predicted molar refractivity (Wildman–Crippen MR) is 83.0 cm³/mol. The molecule has 1 aromatic heterocycles. The van der Waals surface area contributed by atoms with Crippen molar-refractivity contribution in [2.75, 3.05) is 25.2 Å². The Hall–Kier alpha value is -1.21. The molecular formula is C13H19ClN4O2S. The molecule has 0 bridgehead atoms. The van der Waals surface area contributed by atoms with E-state index in [0.29, 0.717) is 35.7 Å². The molecule has 116 valence electrons. The first kappa shape index (κ1) is 16.2. The highest BCUT2D eigenvalue weighted by molar-refractivity contribution is 7.85. The number of nitrogens with one attached hydrogen (secondary N) is 1. The zero-order valence-electron chi connectivity index (χ0n) is 12.4.